The van der Waals surface area contributed by atoms with Gasteiger partial charge in [0.2, 0.25) is 0 Å². The van der Waals surface area contributed by atoms with Gasteiger partial charge in [-0.1, -0.05) is 12.1 Å². The minimum absolute atomic E-state index is 0.253. The molecule has 0 spiro atoms. The molecule has 1 aliphatic heterocycles. The number of benzene rings is 1. The second-order valence-electron chi connectivity index (χ2n) is 4.32. The topological polar surface area (TPSA) is 42.2 Å². The lowest BCUT2D eigenvalue weighted by Gasteiger charge is -2.22. The molecule has 3 nitrogen and oxygen atoms in total. The van der Waals surface area contributed by atoms with Crippen LogP contribution in [0.5, 0.6) is 0 Å². The van der Waals surface area contributed by atoms with Crippen LogP contribution in [0.2, 0.25) is 0 Å². The maximum Gasteiger partial charge on any atom is 0.0991 e. The fourth-order valence-corrected chi connectivity index (χ4v) is 1.98. The van der Waals surface area contributed by atoms with Crippen LogP contribution in [-0.4, -0.2) is 19.3 Å². The number of ether oxygens (including phenoxy) is 2. The van der Waals surface area contributed by atoms with Crippen molar-refractivity contribution in [1.29, 1.82) is 5.26 Å². The number of hydrogen-bond donors (Lipinski definition) is 0. The maximum absolute atomic E-state index is 8.78. The van der Waals surface area contributed by atoms with Crippen molar-refractivity contribution in [2.45, 2.75) is 32.0 Å². The third kappa shape index (κ3) is 3.85. The zero-order valence-corrected chi connectivity index (χ0v) is 9.89. The quantitative estimate of drug-likeness (QED) is 0.800. The van der Waals surface area contributed by atoms with Gasteiger partial charge in [-0.15, -0.1) is 0 Å². The minimum Gasteiger partial charge on any atom is -0.376 e. The highest BCUT2D eigenvalue weighted by Gasteiger charge is 2.13. The predicted molar refractivity (Wildman–Crippen MR) is 64.4 cm³/mol. The van der Waals surface area contributed by atoms with Crippen molar-refractivity contribution in [3.05, 3.63) is 35.4 Å². The van der Waals surface area contributed by atoms with Crippen molar-refractivity contribution in [3.8, 4) is 6.07 Å². The standard InChI is InChI=1S/C14H17NO2/c15-9-12-4-3-5-13(8-12)10-16-11-14-6-1-2-7-17-14/h3-5,8,14H,1-2,6-7,10-11H2. The Bertz CT molecular complexity index is 391. The molecule has 1 aromatic rings. The van der Waals surface area contributed by atoms with Gasteiger partial charge in [0.15, 0.2) is 0 Å². The van der Waals surface area contributed by atoms with E-state index in [2.05, 4.69) is 6.07 Å². The normalized spacial score (nSPS) is 19.8. The van der Waals surface area contributed by atoms with Gasteiger partial charge in [0.25, 0.3) is 0 Å². The van der Waals surface area contributed by atoms with E-state index in [4.69, 9.17) is 14.7 Å². The van der Waals surface area contributed by atoms with Gasteiger partial charge in [-0.25, -0.2) is 0 Å². The second-order valence-corrected chi connectivity index (χ2v) is 4.32. The monoisotopic (exact) mass is 231 g/mol. The van der Waals surface area contributed by atoms with E-state index in [-0.39, 0.29) is 6.10 Å². The first-order valence-corrected chi connectivity index (χ1v) is 6.07. The third-order valence-corrected chi connectivity index (χ3v) is 2.90. The Morgan fingerprint density at radius 3 is 3.12 bits per heavy atom. The molecule has 0 aliphatic carbocycles. The zero-order chi connectivity index (χ0) is 11.9. The van der Waals surface area contributed by atoms with Crippen molar-refractivity contribution in [3.63, 3.8) is 0 Å². The summed E-state index contributed by atoms with van der Waals surface area (Å²) < 4.78 is 11.2. The molecular weight excluding hydrogens is 214 g/mol. The zero-order valence-electron chi connectivity index (χ0n) is 9.89. The molecule has 1 fully saturated rings. The number of nitriles is 1. The van der Waals surface area contributed by atoms with E-state index < -0.39 is 0 Å². The summed E-state index contributed by atoms with van der Waals surface area (Å²) in [4.78, 5) is 0. The Morgan fingerprint density at radius 1 is 1.41 bits per heavy atom. The van der Waals surface area contributed by atoms with Crippen LogP contribution >= 0.6 is 0 Å². The molecule has 1 saturated heterocycles. The average molecular weight is 231 g/mol. The predicted octanol–water partition coefficient (Wildman–Crippen LogP) is 2.64. The molecule has 0 bridgehead atoms. The highest BCUT2D eigenvalue weighted by atomic mass is 16.5. The van der Waals surface area contributed by atoms with Crippen LogP contribution in [0.25, 0.3) is 0 Å². The fraction of sp³-hybridized carbons (Fsp3) is 0.500. The average Bonchev–Trinajstić information content (AvgIpc) is 2.40. The van der Waals surface area contributed by atoms with E-state index in [1.54, 1.807) is 6.07 Å². The number of rotatable bonds is 4. The smallest absolute Gasteiger partial charge is 0.0991 e. The van der Waals surface area contributed by atoms with Gasteiger partial charge in [0, 0.05) is 6.61 Å². The maximum atomic E-state index is 8.78. The van der Waals surface area contributed by atoms with Crippen molar-refractivity contribution in [1.82, 2.24) is 0 Å². The van der Waals surface area contributed by atoms with Crippen LogP contribution in [0.4, 0.5) is 0 Å². The lowest BCUT2D eigenvalue weighted by molar-refractivity contribution is -0.0447. The van der Waals surface area contributed by atoms with E-state index in [1.165, 1.54) is 12.8 Å². The minimum atomic E-state index is 0.253. The van der Waals surface area contributed by atoms with E-state index in [1.807, 2.05) is 18.2 Å². The summed E-state index contributed by atoms with van der Waals surface area (Å²) in [5.74, 6) is 0. The summed E-state index contributed by atoms with van der Waals surface area (Å²) in [6.45, 7) is 2.06. The SMILES string of the molecule is N#Cc1cccc(COCC2CCCCO2)c1. The van der Waals surface area contributed by atoms with Crippen molar-refractivity contribution in [2.75, 3.05) is 13.2 Å². The summed E-state index contributed by atoms with van der Waals surface area (Å²) in [5.41, 5.74) is 1.72. The van der Waals surface area contributed by atoms with Gasteiger partial charge < -0.3 is 9.47 Å². The van der Waals surface area contributed by atoms with Gasteiger partial charge in [-0.05, 0) is 37.0 Å². The fourth-order valence-electron chi connectivity index (χ4n) is 1.98. The van der Waals surface area contributed by atoms with Gasteiger partial charge in [0.1, 0.15) is 0 Å². The Morgan fingerprint density at radius 2 is 2.35 bits per heavy atom. The molecular formula is C14H17NO2. The Balaban J connectivity index is 1.75. The molecule has 0 N–H and O–H groups in total. The van der Waals surface area contributed by atoms with Crippen LogP contribution in [0.15, 0.2) is 24.3 Å². The number of hydrogen-bond acceptors (Lipinski definition) is 3. The molecule has 1 aromatic carbocycles. The largest absolute Gasteiger partial charge is 0.376 e. The molecule has 1 unspecified atom stereocenters. The summed E-state index contributed by atoms with van der Waals surface area (Å²) >= 11 is 0. The van der Waals surface area contributed by atoms with Gasteiger partial charge >= 0.3 is 0 Å². The molecule has 1 heterocycles. The molecule has 0 saturated carbocycles. The molecule has 0 amide bonds. The van der Waals surface area contributed by atoms with Crippen molar-refractivity contribution in [2.24, 2.45) is 0 Å². The molecule has 17 heavy (non-hydrogen) atoms. The Labute approximate surface area is 102 Å². The van der Waals surface area contributed by atoms with Gasteiger partial charge in [-0.2, -0.15) is 5.26 Å². The summed E-state index contributed by atoms with van der Waals surface area (Å²) in [6, 6.07) is 9.65. The van der Waals surface area contributed by atoms with Crippen LogP contribution in [0.3, 0.4) is 0 Å². The first kappa shape index (κ1) is 12.1. The third-order valence-electron chi connectivity index (χ3n) is 2.90. The van der Waals surface area contributed by atoms with Crippen molar-refractivity contribution >= 4 is 0 Å². The summed E-state index contributed by atoms with van der Waals surface area (Å²) in [7, 11) is 0. The molecule has 0 aromatic heterocycles. The van der Waals surface area contributed by atoms with E-state index in [0.717, 1.165) is 18.6 Å². The first-order valence-electron chi connectivity index (χ1n) is 6.07. The van der Waals surface area contributed by atoms with Crippen molar-refractivity contribution < 1.29 is 9.47 Å². The lowest BCUT2D eigenvalue weighted by Crippen LogP contribution is -2.24. The first-order chi connectivity index (χ1) is 8.38. The van der Waals surface area contributed by atoms with Crippen LogP contribution in [-0.2, 0) is 16.1 Å². The van der Waals surface area contributed by atoms with Crippen LogP contribution in [0.1, 0.15) is 30.4 Å². The summed E-state index contributed by atoms with van der Waals surface area (Å²) in [5, 5.41) is 8.78. The van der Waals surface area contributed by atoms with E-state index in [9.17, 15) is 0 Å². The molecule has 2 rings (SSSR count). The highest BCUT2D eigenvalue weighted by Crippen LogP contribution is 2.13. The molecule has 1 aliphatic rings. The molecule has 3 heteroatoms. The summed E-state index contributed by atoms with van der Waals surface area (Å²) in [6.07, 6.45) is 3.75. The van der Waals surface area contributed by atoms with E-state index in [0.29, 0.717) is 18.8 Å². The van der Waals surface area contributed by atoms with Gasteiger partial charge in [0.05, 0.1) is 31.0 Å². The molecule has 1 atom stereocenters. The van der Waals surface area contributed by atoms with Crippen LogP contribution < -0.4 is 0 Å². The Kier molecular flexibility index (Phi) is 4.54. The van der Waals surface area contributed by atoms with E-state index >= 15 is 0 Å². The molecule has 0 radical (unpaired) electrons. The second kappa shape index (κ2) is 6.39. The molecule has 90 valence electrons. The Hall–Kier alpha value is -1.37. The highest BCUT2D eigenvalue weighted by molar-refractivity contribution is 5.32. The van der Waals surface area contributed by atoms with Gasteiger partial charge in [-0.3, -0.25) is 0 Å². The van der Waals surface area contributed by atoms with Crippen LogP contribution in [0, 0.1) is 11.3 Å². The lowest BCUT2D eigenvalue weighted by atomic mass is 10.1. The number of nitrogens with zero attached hydrogens (tertiary/aromatic N) is 1.